The maximum absolute atomic E-state index is 14.2. The van der Waals surface area contributed by atoms with E-state index in [1.165, 1.54) is 17.6 Å². The van der Waals surface area contributed by atoms with Crippen molar-refractivity contribution in [1.82, 2.24) is 4.90 Å². The predicted molar refractivity (Wildman–Crippen MR) is 149 cm³/mol. The number of hydrogen-bond donors (Lipinski definition) is 1. The second kappa shape index (κ2) is 9.10. The van der Waals surface area contributed by atoms with Crippen molar-refractivity contribution in [3.63, 3.8) is 0 Å². The van der Waals surface area contributed by atoms with Crippen LogP contribution in [-0.2, 0) is 11.2 Å². The van der Waals surface area contributed by atoms with Crippen LogP contribution in [-0.4, -0.2) is 49.4 Å². The average molecular weight is 534 g/mol. The Morgan fingerprint density at radius 2 is 1.95 bits per heavy atom. The van der Waals surface area contributed by atoms with Crippen LogP contribution >= 0.6 is 0 Å². The molecule has 0 spiro atoms. The van der Waals surface area contributed by atoms with Gasteiger partial charge in [-0.2, -0.15) is 0 Å². The van der Waals surface area contributed by atoms with Gasteiger partial charge in [0.25, 0.3) is 0 Å². The molecule has 2 heterocycles. The lowest BCUT2D eigenvalue weighted by Gasteiger charge is -2.57. The molecule has 7 rings (SSSR count). The van der Waals surface area contributed by atoms with Gasteiger partial charge >= 0.3 is 0 Å². The number of nitrogens with zero attached hydrogens (tertiary/aromatic N) is 1. The zero-order chi connectivity index (χ0) is 27.1. The first-order valence-electron chi connectivity index (χ1n) is 15.1. The van der Waals surface area contributed by atoms with E-state index in [9.17, 15) is 9.90 Å². The number of allylic oxidation sites excluding steroid dienone is 3. The maximum Gasteiger partial charge on any atom is 0.231 e. The summed E-state index contributed by atoms with van der Waals surface area (Å²) in [6, 6.07) is 2.05. The number of ether oxygens (including phenoxy) is 3. The van der Waals surface area contributed by atoms with Gasteiger partial charge in [-0.1, -0.05) is 31.6 Å². The standard InChI is InChI=1S/C33H43NO5/c1-32-12-9-21(35)16-20(32)5-6-22-23-7-8-25(33(23,2)13-10-24(22)32)27(36)17-26-29-19(11-14-34(26)3)15-28-30(31(29)37-4)39-18-38-28/h5,8,15,21-24,26,35H,6-7,9-14,16-18H2,1-4H3/t21-,22+,23-,24+,26+,32+,33-/m1/s1. The van der Waals surface area contributed by atoms with E-state index in [1.807, 2.05) is 0 Å². The molecule has 1 N–H and O–H groups in total. The quantitative estimate of drug-likeness (QED) is 0.496. The first-order valence-corrected chi connectivity index (χ1v) is 15.1. The van der Waals surface area contributed by atoms with E-state index in [4.69, 9.17) is 14.2 Å². The molecule has 4 aliphatic carbocycles. The van der Waals surface area contributed by atoms with Gasteiger partial charge in [-0.05, 0) is 104 Å². The molecular weight excluding hydrogens is 490 g/mol. The zero-order valence-electron chi connectivity index (χ0n) is 23.9. The van der Waals surface area contributed by atoms with Gasteiger partial charge in [0, 0.05) is 24.6 Å². The van der Waals surface area contributed by atoms with Crippen LogP contribution in [0.3, 0.4) is 0 Å². The van der Waals surface area contributed by atoms with Gasteiger partial charge < -0.3 is 19.3 Å². The summed E-state index contributed by atoms with van der Waals surface area (Å²) >= 11 is 0. The Balaban J connectivity index is 1.15. The molecule has 1 aromatic rings. The van der Waals surface area contributed by atoms with Crippen LogP contribution < -0.4 is 14.2 Å². The molecule has 0 radical (unpaired) electrons. The summed E-state index contributed by atoms with van der Waals surface area (Å²) < 4.78 is 17.4. The molecule has 210 valence electrons. The van der Waals surface area contributed by atoms with Crippen LogP contribution in [0, 0.1) is 28.6 Å². The van der Waals surface area contributed by atoms with Crippen molar-refractivity contribution in [2.75, 3.05) is 27.5 Å². The monoisotopic (exact) mass is 533 g/mol. The lowest BCUT2D eigenvalue weighted by molar-refractivity contribution is -0.119. The molecule has 0 unspecified atom stereocenters. The fourth-order valence-electron chi connectivity index (χ4n) is 9.71. The van der Waals surface area contributed by atoms with Gasteiger partial charge in [-0.15, -0.1) is 0 Å². The number of benzene rings is 1. The third-order valence-corrected chi connectivity index (χ3v) is 11.9. The minimum atomic E-state index is -0.172. The Bertz CT molecular complexity index is 1270. The highest BCUT2D eigenvalue weighted by Gasteiger charge is 2.57. The number of fused-ring (bicyclic) bond motifs is 7. The molecule has 6 nitrogen and oxygen atoms in total. The van der Waals surface area contributed by atoms with Crippen molar-refractivity contribution >= 4 is 5.78 Å². The minimum absolute atomic E-state index is 0.0432. The molecule has 0 aromatic heterocycles. The van der Waals surface area contributed by atoms with E-state index in [0.717, 1.165) is 74.1 Å². The van der Waals surface area contributed by atoms with E-state index < -0.39 is 0 Å². The number of carbonyl (C=O) groups is 1. The molecule has 6 aliphatic rings. The van der Waals surface area contributed by atoms with Crippen molar-refractivity contribution in [2.24, 2.45) is 28.6 Å². The van der Waals surface area contributed by atoms with Gasteiger partial charge in [0.1, 0.15) is 0 Å². The van der Waals surface area contributed by atoms with Crippen LogP contribution in [0.1, 0.15) is 82.4 Å². The molecule has 0 saturated heterocycles. The number of hydrogen-bond acceptors (Lipinski definition) is 6. The topological polar surface area (TPSA) is 68.2 Å². The first kappa shape index (κ1) is 25.6. The highest BCUT2D eigenvalue weighted by molar-refractivity contribution is 5.98. The maximum atomic E-state index is 14.2. The van der Waals surface area contributed by atoms with Crippen LogP contribution in [0.15, 0.2) is 29.4 Å². The molecule has 0 amide bonds. The Kier molecular flexibility index (Phi) is 5.99. The number of methoxy groups -OCH3 is 1. The van der Waals surface area contributed by atoms with Gasteiger partial charge in [0.2, 0.25) is 12.5 Å². The molecular formula is C33H43NO5. The highest BCUT2D eigenvalue weighted by Crippen LogP contribution is 2.65. The molecule has 2 fully saturated rings. The zero-order valence-corrected chi connectivity index (χ0v) is 23.9. The molecule has 0 bridgehead atoms. The predicted octanol–water partition coefficient (Wildman–Crippen LogP) is 5.77. The second-order valence-electron chi connectivity index (χ2n) is 13.6. The fourth-order valence-corrected chi connectivity index (χ4v) is 9.71. The smallest absolute Gasteiger partial charge is 0.231 e. The SMILES string of the molecule is COc1c2c(cc3c1[C@H](CC(=O)C1=CC[C@@H]4[C@@H]5CC=C6C[C@H](O)CC[C@]6(C)[C@H]5CC[C@@]14C)N(C)CC3)OCO2. The summed E-state index contributed by atoms with van der Waals surface area (Å²) in [5.74, 6) is 4.24. The van der Waals surface area contributed by atoms with E-state index >= 15 is 0 Å². The largest absolute Gasteiger partial charge is 0.492 e. The van der Waals surface area contributed by atoms with Gasteiger partial charge in [-0.25, -0.2) is 0 Å². The summed E-state index contributed by atoms with van der Waals surface area (Å²) in [7, 11) is 3.81. The van der Waals surface area contributed by atoms with E-state index in [1.54, 1.807) is 7.11 Å². The van der Waals surface area contributed by atoms with Gasteiger partial charge in [0.15, 0.2) is 17.3 Å². The van der Waals surface area contributed by atoms with Crippen molar-refractivity contribution in [2.45, 2.75) is 83.8 Å². The number of aliphatic hydroxyl groups excluding tert-OH is 1. The Morgan fingerprint density at radius 1 is 1.13 bits per heavy atom. The number of carbonyl (C=O) groups excluding carboxylic acids is 1. The van der Waals surface area contributed by atoms with Crippen molar-refractivity contribution in [1.29, 1.82) is 0 Å². The fraction of sp³-hybridized carbons (Fsp3) is 0.667. The molecule has 2 aliphatic heterocycles. The summed E-state index contributed by atoms with van der Waals surface area (Å²) in [4.78, 5) is 16.5. The van der Waals surface area contributed by atoms with Gasteiger partial charge in [-0.3, -0.25) is 9.69 Å². The molecule has 1 aromatic carbocycles. The van der Waals surface area contributed by atoms with Crippen LogP contribution in [0.2, 0.25) is 0 Å². The average Bonchev–Trinajstić information content (AvgIpc) is 3.53. The third-order valence-electron chi connectivity index (χ3n) is 11.9. The van der Waals surface area contributed by atoms with Crippen LogP contribution in [0.5, 0.6) is 17.2 Å². The van der Waals surface area contributed by atoms with Crippen molar-refractivity contribution in [3.05, 3.63) is 40.5 Å². The van der Waals surface area contributed by atoms with E-state index in [0.29, 0.717) is 35.7 Å². The number of Topliss-reactive ketones (excluding diaryl/α,β-unsaturated/α-hetero) is 1. The summed E-state index contributed by atoms with van der Waals surface area (Å²) in [5, 5.41) is 10.3. The number of likely N-dealkylation sites (N-methyl/N-ethyl adjacent to an activating group) is 1. The number of ketones is 1. The second-order valence-corrected chi connectivity index (χ2v) is 13.6. The van der Waals surface area contributed by atoms with Crippen molar-refractivity contribution < 1.29 is 24.1 Å². The molecule has 6 heteroatoms. The Hall–Kier alpha value is -2.31. The molecule has 7 atom stereocenters. The normalized spacial score (nSPS) is 38.6. The summed E-state index contributed by atoms with van der Waals surface area (Å²) in [5.41, 5.74) is 5.03. The van der Waals surface area contributed by atoms with E-state index in [2.05, 4.69) is 44.0 Å². The summed E-state index contributed by atoms with van der Waals surface area (Å²) in [6.07, 6.45) is 13.2. The molecule has 2 saturated carbocycles. The lowest BCUT2D eigenvalue weighted by atomic mass is 9.47. The summed E-state index contributed by atoms with van der Waals surface area (Å²) in [6.45, 7) is 5.96. The Labute approximate surface area is 232 Å². The van der Waals surface area contributed by atoms with Crippen LogP contribution in [0.4, 0.5) is 0 Å². The molecule has 39 heavy (non-hydrogen) atoms. The van der Waals surface area contributed by atoms with Gasteiger partial charge in [0.05, 0.1) is 13.2 Å². The van der Waals surface area contributed by atoms with Crippen LogP contribution in [0.25, 0.3) is 0 Å². The first-order chi connectivity index (χ1) is 18.7. The lowest BCUT2D eigenvalue weighted by Crippen LogP contribution is -2.50. The number of aliphatic hydroxyl groups is 1. The van der Waals surface area contributed by atoms with E-state index in [-0.39, 0.29) is 29.8 Å². The third kappa shape index (κ3) is 3.70. The Morgan fingerprint density at radius 3 is 2.77 bits per heavy atom. The van der Waals surface area contributed by atoms with Crippen molar-refractivity contribution in [3.8, 4) is 17.2 Å². The minimum Gasteiger partial charge on any atom is -0.492 e. The highest BCUT2D eigenvalue weighted by atomic mass is 16.7. The number of rotatable bonds is 4.